The maximum atomic E-state index is 12.2. The van der Waals surface area contributed by atoms with Crippen LogP contribution in [0.3, 0.4) is 0 Å². The van der Waals surface area contributed by atoms with Crippen molar-refractivity contribution in [2.75, 3.05) is 25.1 Å². The molecular formula is C20H21NO7S. The number of fused-ring (bicyclic) bond motifs is 1. The predicted molar refractivity (Wildman–Crippen MR) is 106 cm³/mol. The van der Waals surface area contributed by atoms with E-state index in [0.29, 0.717) is 22.1 Å². The van der Waals surface area contributed by atoms with Gasteiger partial charge in [-0.1, -0.05) is 12.1 Å². The minimum absolute atomic E-state index is 0.00616. The minimum atomic E-state index is -0.959. The standard InChI is InChI=1S/C20H21NO7S/c1-4-25-20(24)17-11(2)12(3)29-18(17)21-16(22)10-27-19(23)15-9-26-13-7-5-6-8-14(13)28-15/h5-8,15H,4,9-10H2,1-3H3,(H,21,22)/t15-/m0/s1. The van der Waals surface area contributed by atoms with E-state index >= 15 is 0 Å². The SMILES string of the molecule is CCOC(=O)c1c(NC(=O)COC(=O)[C@@H]2COc3ccccc3O2)sc(C)c1C. The first-order valence-corrected chi connectivity index (χ1v) is 9.84. The van der Waals surface area contributed by atoms with E-state index in [9.17, 15) is 14.4 Å². The summed E-state index contributed by atoms with van der Waals surface area (Å²) in [6.45, 7) is 5.04. The van der Waals surface area contributed by atoms with Crippen molar-refractivity contribution in [3.05, 3.63) is 40.3 Å². The number of carbonyl (C=O) groups excluding carboxylic acids is 3. The molecule has 154 valence electrons. The quantitative estimate of drug-likeness (QED) is 0.719. The maximum absolute atomic E-state index is 12.2. The summed E-state index contributed by atoms with van der Waals surface area (Å²) in [6.07, 6.45) is -0.959. The van der Waals surface area contributed by atoms with Crippen molar-refractivity contribution in [3.63, 3.8) is 0 Å². The fraction of sp³-hybridized carbons (Fsp3) is 0.350. The van der Waals surface area contributed by atoms with Crippen molar-refractivity contribution in [3.8, 4) is 11.5 Å². The molecule has 1 aliphatic rings. The Balaban J connectivity index is 1.57. The van der Waals surface area contributed by atoms with Gasteiger partial charge in [-0.15, -0.1) is 11.3 Å². The van der Waals surface area contributed by atoms with E-state index in [4.69, 9.17) is 18.9 Å². The Morgan fingerprint density at radius 2 is 1.90 bits per heavy atom. The van der Waals surface area contributed by atoms with Crippen LogP contribution in [0, 0.1) is 13.8 Å². The van der Waals surface area contributed by atoms with Gasteiger partial charge in [-0.05, 0) is 38.5 Å². The number of anilines is 1. The van der Waals surface area contributed by atoms with E-state index in [1.165, 1.54) is 11.3 Å². The number of nitrogens with one attached hydrogen (secondary N) is 1. The Bertz CT molecular complexity index is 937. The molecule has 1 aliphatic heterocycles. The lowest BCUT2D eigenvalue weighted by molar-refractivity contribution is -0.156. The van der Waals surface area contributed by atoms with Gasteiger partial charge in [-0.3, -0.25) is 4.79 Å². The van der Waals surface area contributed by atoms with Crippen molar-refractivity contribution in [1.29, 1.82) is 0 Å². The van der Waals surface area contributed by atoms with E-state index in [1.807, 2.05) is 6.92 Å². The normalized spacial score (nSPS) is 14.8. The number of aryl methyl sites for hydroxylation is 1. The van der Waals surface area contributed by atoms with E-state index < -0.39 is 30.6 Å². The molecule has 0 saturated carbocycles. The molecule has 0 saturated heterocycles. The topological polar surface area (TPSA) is 100 Å². The lowest BCUT2D eigenvalue weighted by atomic mass is 10.1. The monoisotopic (exact) mass is 419 g/mol. The number of benzene rings is 1. The lowest BCUT2D eigenvalue weighted by Crippen LogP contribution is -2.39. The number of hydrogen-bond donors (Lipinski definition) is 1. The predicted octanol–water partition coefficient (Wildman–Crippen LogP) is 2.86. The summed E-state index contributed by atoms with van der Waals surface area (Å²) in [7, 11) is 0. The van der Waals surface area contributed by atoms with Gasteiger partial charge in [0.25, 0.3) is 5.91 Å². The molecule has 1 N–H and O–H groups in total. The average molecular weight is 419 g/mol. The third-order valence-electron chi connectivity index (χ3n) is 4.23. The molecular weight excluding hydrogens is 398 g/mol. The molecule has 2 aromatic rings. The highest BCUT2D eigenvalue weighted by atomic mass is 32.1. The first kappa shape index (κ1) is 20.7. The molecule has 1 aromatic carbocycles. The van der Waals surface area contributed by atoms with Crippen LogP contribution in [0.25, 0.3) is 0 Å². The molecule has 9 heteroatoms. The number of thiophene rings is 1. The van der Waals surface area contributed by atoms with Crippen LogP contribution in [0.2, 0.25) is 0 Å². The van der Waals surface area contributed by atoms with Crippen LogP contribution in [0.5, 0.6) is 11.5 Å². The van der Waals surface area contributed by atoms with Crippen LogP contribution in [0.4, 0.5) is 5.00 Å². The molecule has 29 heavy (non-hydrogen) atoms. The van der Waals surface area contributed by atoms with Crippen molar-refractivity contribution < 1.29 is 33.3 Å². The van der Waals surface area contributed by atoms with Gasteiger partial charge in [0.2, 0.25) is 6.10 Å². The highest BCUT2D eigenvalue weighted by Gasteiger charge is 2.29. The van der Waals surface area contributed by atoms with Gasteiger partial charge in [0.15, 0.2) is 18.1 Å². The van der Waals surface area contributed by atoms with Crippen LogP contribution in [-0.2, 0) is 19.1 Å². The Hall–Kier alpha value is -3.07. The number of para-hydroxylation sites is 2. The summed E-state index contributed by atoms with van der Waals surface area (Å²) in [6, 6.07) is 6.97. The van der Waals surface area contributed by atoms with E-state index in [2.05, 4.69) is 5.32 Å². The fourth-order valence-electron chi connectivity index (χ4n) is 2.69. The second-order valence-corrected chi connectivity index (χ2v) is 7.45. The van der Waals surface area contributed by atoms with E-state index in [-0.39, 0.29) is 13.2 Å². The Kier molecular flexibility index (Phi) is 6.38. The molecule has 0 fully saturated rings. The van der Waals surface area contributed by atoms with Crippen molar-refractivity contribution in [1.82, 2.24) is 0 Å². The minimum Gasteiger partial charge on any atom is -0.485 e. The summed E-state index contributed by atoms with van der Waals surface area (Å²) in [5, 5.41) is 2.98. The van der Waals surface area contributed by atoms with Gasteiger partial charge in [0.1, 0.15) is 11.6 Å². The molecule has 1 atom stereocenters. The van der Waals surface area contributed by atoms with Gasteiger partial charge in [0.05, 0.1) is 12.2 Å². The number of amides is 1. The van der Waals surface area contributed by atoms with E-state index in [1.54, 1.807) is 38.1 Å². The molecule has 0 unspecified atom stereocenters. The first-order valence-electron chi connectivity index (χ1n) is 9.02. The number of ether oxygens (including phenoxy) is 4. The zero-order chi connectivity index (χ0) is 21.0. The van der Waals surface area contributed by atoms with Crippen LogP contribution in [0.15, 0.2) is 24.3 Å². The molecule has 0 bridgehead atoms. The third-order valence-corrected chi connectivity index (χ3v) is 5.36. The number of carbonyl (C=O) groups is 3. The zero-order valence-corrected chi connectivity index (χ0v) is 17.1. The van der Waals surface area contributed by atoms with Gasteiger partial charge in [-0.2, -0.15) is 0 Å². The molecule has 2 heterocycles. The molecule has 0 spiro atoms. The summed E-state index contributed by atoms with van der Waals surface area (Å²) < 4.78 is 21.1. The molecule has 3 rings (SSSR count). The van der Waals surface area contributed by atoms with Gasteiger partial charge >= 0.3 is 11.9 Å². The molecule has 0 aliphatic carbocycles. The van der Waals surface area contributed by atoms with Gasteiger partial charge < -0.3 is 24.3 Å². The van der Waals surface area contributed by atoms with Crippen LogP contribution >= 0.6 is 11.3 Å². The fourth-order valence-corrected chi connectivity index (χ4v) is 3.76. The highest BCUT2D eigenvalue weighted by molar-refractivity contribution is 7.16. The Morgan fingerprint density at radius 3 is 2.62 bits per heavy atom. The van der Waals surface area contributed by atoms with Gasteiger partial charge in [-0.25, -0.2) is 9.59 Å². The van der Waals surface area contributed by atoms with Crippen LogP contribution in [0.1, 0.15) is 27.7 Å². The van der Waals surface area contributed by atoms with Crippen LogP contribution in [-0.4, -0.2) is 43.8 Å². The second-order valence-electron chi connectivity index (χ2n) is 6.23. The summed E-state index contributed by atoms with van der Waals surface area (Å²) in [5.74, 6) is -0.799. The van der Waals surface area contributed by atoms with Crippen molar-refractivity contribution in [2.24, 2.45) is 0 Å². The molecule has 8 nitrogen and oxygen atoms in total. The average Bonchev–Trinajstić information content (AvgIpc) is 2.99. The Labute approximate surface area is 171 Å². The second kappa shape index (κ2) is 8.95. The maximum Gasteiger partial charge on any atom is 0.351 e. The van der Waals surface area contributed by atoms with Gasteiger partial charge in [0, 0.05) is 4.88 Å². The summed E-state index contributed by atoms with van der Waals surface area (Å²) in [5.41, 5.74) is 1.06. The number of esters is 2. The van der Waals surface area contributed by atoms with Crippen molar-refractivity contribution in [2.45, 2.75) is 26.9 Å². The summed E-state index contributed by atoms with van der Waals surface area (Å²) in [4.78, 5) is 37.5. The Morgan fingerprint density at radius 1 is 1.17 bits per heavy atom. The summed E-state index contributed by atoms with van der Waals surface area (Å²) >= 11 is 1.26. The number of hydrogen-bond acceptors (Lipinski definition) is 8. The van der Waals surface area contributed by atoms with E-state index in [0.717, 1.165) is 10.4 Å². The largest absolute Gasteiger partial charge is 0.485 e. The van der Waals surface area contributed by atoms with Crippen LogP contribution < -0.4 is 14.8 Å². The molecule has 1 aromatic heterocycles. The molecule has 0 radical (unpaired) electrons. The van der Waals surface area contributed by atoms with Crippen molar-refractivity contribution >= 4 is 34.2 Å². The zero-order valence-electron chi connectivity index (χ0n) is 16.3. The first-order chi connectivity index (χ1) is 13.9. The smallest absolute Gasteiger partial charge is 0.351 e. The number of rotatable bonds is 6. The third kappa shape index (κ3) is 4.68. The lowest BCUT2D eigenvalue weighted by Gasteiger charge is -2.24. The molecule has 1 amide bonds. The highest BCUT2D eigenvalue weighted by Crippen LogP contribution is 2.33.